The van der Waals surface area contributed by atoms with Crippen LogP contribution in [-0.4, -0.2) is 35.5 Å². The molecule has 26 heavy (non-hydrogen) atoms. The summed E-state index contributed by atoms with van der Waals surface area (Å²) in [5.41, 5.74) is 2.08. The topological polar surface area (TPSA) is 66.8 Å². The van der Waals surface area contributed by atoms with Gasteiger partial charge in [-0.3, -0.25) is 9.59 Å². The molecule has 0 aromatic heterocycles. The molecule has 2 aromatic rings. The van der Waals surface area contributed by atoms with Gasteiger partial charge >= 0.3 is 5.97 Å². The third-order valence-electron chi connectivity index (χ3n) is 4.15. The number of benzene rings is 2. The minimum absolute atomic E-state index is 0.0297. The van der Waals surface area contributed by atoms with Crippen molar-refractivity contribution in [3.8, 4) is 5.75 Å². The summed E-state index contributed by atoms with van der Waals surface area (Å²) < 4.78 is 5.21. The van der Waals surface area contributed by atoms with E-state index in [2.05, 4.69) is 0 Å². The van der Waals surface area contributed by atoms with Gasteiger partial charge in [0.1, 0.15) is 5.75 Å². The van der Waals surface area contributed by atoms with Crippen molar-refractivity contribution in [3.05, 3.63) is 65.7 Å². The van der Waals surface area contributed by atoms with Gasteiger partial charge in [0, 0.05) is 25.9 Å². The molecule has 5 heteroatoms. The molecule has 0 atom stereocenters. The molecule has 5 nitrogen and oxygen atoms in total. The lowest BCUT2D eigenvalue weighted by molar-refractivity contribution is -0.138. The van der Waals surface area contributed by atoms with Crippen LogP contribution >= 0.6 is 0 Å². The normalized spacial score (nSPS) is 10.3. The molecule has 0 aliphatic carbocycles. The Kier molecular flexibility index (Phi) is 7.68. The third kappa shape index (κ3) is 6.59. The Morgan fingerprint density at radius 3 is 2.42 bits per heavy atom. The van der Waals surface area contributed by atoms with E-state index in [9.17, 15) is 9.59 Å². The molecule has 1 N–H and O–H groups in total. The number of carbonyl (C=O) groups is 2. The Balaban J connectivity index is 1.97. The van der Waals surface area contributed by atoms with Crippen molar-refractivity contribution in [3.63, 3.8) is 0 Å². The first kappa shape index (κ1) is 19.5. The lowest BCUT2D eigenvalue weighted by Crippen LogP contribution is -2.32. The second kappa shape index (κ2) is 10.2. The smallest absolute Gasteiger partial charge is 0.303 e. The van der Waals surface area contributed by atoms with Crippen LogP contribution in [0.25, 0.3) is 0 Å². The summed E-state index contributed by atoms with van der Waals surface area (Å²) in [6.07, 6.45) is 1.52. The van der Waals surface area contributed by atoms with E-state index in [1.807, 2.05) is 54.6 Å². The van der Waals surface area contributed by atoms with Crippen molar-refractivity contribution in [2.75, 3.05) is 13.7 Å². The van der Waals surface area contributed by atoms with Gasteiger partial charge in [-0.1, -0.05) is 42.5 Å². The maximum absolute atomic E-state index is 12.7. The molecule has 0 saturated carbocycles. The summed E-state index contributed by atoms with van der Waals surface area (Å²) >= 11 is 0. The summed E-state index contributed by atoms with van der Waals surface area (Å²) in [7, 11) is 1.62. The summed E-state index contributed by atoms with van der Waals surface area (Å²) in [6, 6.07) is 17.4. The van der Waals surface area contributed by atoms with Crippen molar-refractivity contribution >= 4 is 11.9 Å². The quantitative estimate of drug-likeness (QED) is 0.708. The number of aliphatic carboxylic acids is 1. The first-order chi connectivity index (χ1) is 12.6. The second-order valence-electron chi connectivity index (χ2n) is 6.15. The zero-order valence-corrected chi connectivity index (χ0v) is 15.1. The fraction of sp³-hybridized carbons (Fsp3) is 0.333. The number of carbonyl (C=O) groups excluding carboxylic acids is 1. The average molecular weight is 355 g/mol. The molecular formula is C21H25NO4. The van der Waals surface area contributed by atoms with Gasteiger partial charge in [-0.15, -0.1) is 0 Å². The highest BCUT2D eigenvalue weighted by Crippen LogP contribution is 2.15. The molecule has 1 amide bonds. The predicted molar refractivity (Wildman–Crippen MR) is 100 cm³/mol. The Hall–Kier alpha value is -2.82. The molecular weight excluding hydrogens is 330 g/mol. The van der Waals surface area contributed by atoms with Crippen LogP contribution in [0.4, 0.5) is 0 Å². The molecule has 2 rings (SSSR count). The Morgan fingerprint density at radius 1 is 1.00 bits per heavy atom. The molecule has 0 bridgehead atoms. The molecule has 0 aliphatic heterocycles. The number of carboxylic acids is 1. The number of amides is 1. The molecule has 0 fully saturated rings. The van der Waals surface area contributed by atoms with Gasteiger partial charge in [0.25, 0.3) is 0 Å². The number of hydrogen-bond acceptors (Lipinski definition) is 3. The highest BCUT2D eigenvalue weighted by Gasteiger charge is 2.14. The first-order valence-corrected chi connectivity index (χ1v) is 8.75. The maximum atomic E-state index is 12.7. The highest BCUT2D eigenvalue weighted by atomic mass is 16.5. The number of hydrogen-bond donors (Lipinski definition) is 1. The SMILES string of the molecule is COc1cccc(CCC(=O)N(CCCC(=O)O)Cc2ccccc2)c1. The Bertz CT molecular complexity index is 715. The standard InChI is InChI=1S/C21H25NO4/c1-26-19-10-5-9-17(15-19)12-13-20(23)22(14-6-11-21(24)25)16-18-7-3-2-4-8-18/h2-5,7-10,15H,6,11-14,16H2,1H3,(H,24,25). The van der Waals surface area contributed by atoms with Crippen molar-refractivity contribution in [1.82, 2.24) is 4.90 Å². The van der Waals surface area contributed by atoms with Gasteiger partial charge in [-0.25, -0.2) is 0 Å². The van der Waals surface area contributed by atoms with Crippen LogP contribution in [0.3, 0.4) is 0 Å². The van der Waals surface area contributed by atoms with Crippen LogP contribution in [0.1, 0.15) is 30.4 Å². The minimum Gasteiger partial charge on any atom is -0.497 e. The van der Waals surface area contributed by atoms with Gasteiger partial charge < -0.3 is 14.7 Å². The van der Waals surface area contributed by atoms with Crippen molar-refractivity contribution in [2.24, 2.45) is 0 Å². The summed E-state index contributed by atoms with van der Waals surface area (Å²) in [5.74, 6) is -0.0342. The molecule has 0 saturated heterocycles. The van der Waals surface area contributed by atoms with E-state index in [1.165, 1.54) is 0 Å². The number of rotatable bonds is 10. The molecule has 0 unspecified atom stereocenters. The fourth-order valence-corrected chi connectivity index (χ4v) is 2.75. The van der Waals surface area contributed by atoms with E-state index >= 15 is 0 Å². The van der Waals surface area contributed by atoms with Crippen molar-refractivity contribution in [1.29, 1.82) is 0 Å². The van der Waals surface area contributed by atoms with Gasteiger partial charge in [0.05, 0.1) is 7.11 Å². The molecule has 2 aromatic carbocycles. The largest absolute Gasteiger partial charge is 0.497 e. The first-order valence-electron chi connectivity index (χ1n) is 8.75. The van der Waals surface area contributed by atoms with Crippen LogP contribution in [-0.2, 0) is 22.6 Å². The average Bonchev–Trinajstić information content (AvgIpc) is 2.66. The summed E-state index contributed by atoms with van der Waals surface area (Å²) in [4.78, 5) is 25.2. The van der Waals surface area contributed by atoms with Crippen LogP contribution < -0.4 is 4.74 Å². The number of carboxylic acid groups (broad SMARTS) is 1. The van der Waals surface area contributed by atoms with Gasteiger partial charge in [-0.05, 0) is 36.1 Å². The van der Waals surface area contributed by atoms with Gasteiger partial charge in [-0.2, -0.15) is 0 Å². The molecule has 0 aliphatic rings. The monoisotopic (exact) mass is 355 g/mol. The summed E-state index contributed by atoms with van der Waals surface area (Å²) in [5, 5.41) is 8.84. The van der Waals surface area contributed by atoms with E-state index in [4.69, 9.17) is 9.84 Å². The Morgan fingerprint density at radius 2 is 1.73 bits per heavy atom. The molecule has 0 heterocycles. The third-order valence-corrected chi connectivity index (χ3v) is 4.15. The van der Waals surface area contributed by atoms with E-state index in [0.717, 1.165) is 16.9 Å². The molecule has 0 spiro atoms. The number of aryl methyl sites for hydroxylation is 1. The van der Waals surface area contributed by atoms with Crippen LogP contribution in [0.5, 0.6) is 5.75 Å². The lowest BCUT2D eigenvalue weighted by atomic mass is 10.1. The van der Waals surface area contributed by atoms with E-state index in [-0.39, 0.29) is 12.3 Å². The number of methoxy groups -OCH3 is 1. The zero-order valence-electron chi connectivity index (χ0n) is 15.1. The van der Waals surface area contributed by atoms with E-state index < -0.39 is 5.97 Å². The lowest BCUT2D eigenvalue weighted by Gasteiger charge is -2.23. The Labute approximate surface area is 154 Å². The maximum Gasteiger partial charge on any atom is 0.303 e. The van der Waals surface area contributed by atoms with E-state index in [1.54, 1.807) is 12.0 Å². The van der Waals surface area contributed by atoms with Crippen molar-refractivity contribution in [2.45, 2.75) is 32.2 Å². The van der Waals surface area contributed by atoms with E-state index in [0.29, 0.717) is 32.4 Å². The number of nitrogens with zero attached hydrogens (tertiary/aromatic N) is 1. The number of ether oxygens (including phenoxy) is 1. The van der Waals surface area contributed by atoms with Gasteiger partial charge in [0.15, 0.2) is 0 Å². The van der Waals surface area contributed by atoms with Crippen LogP contribution in [0, 0.1) is 0 Å². The minimum atomic E-state index is -0.839. The second-order valence-corrected chi connectivity index (χ2v) is 6.15. The van der Waals surface area contributed by atoms with Crippen molar-refractivity contribution < 1.29 is 19.4 Å². The molecule has 138 valence electrons. The fourth-order valence-electron chi connectivity index (χ4n) is 2.75. The van der Waals surface area contributed by atoms with Crippen LogP contribution in [0.2, 0.25) is 0 Å². The van der Waals surface area contributed by atoms with Gasteiger partial charge in [0.2, 0.25) is 5.91 Å². The molecule has 0 radical (unpaired) electrons. The highest BCUT2D eigenvalue weighted by molar-refractivity contribution is 5.76. The summed E-state index contributed by atoms with van der Waals surface area (Å²) in [6.45, 7) is 0.940. The van der Waals surface area contributed by atoms with Crippen LogP contribution in [0.15, 0.2) is 54.6 Å². The predicted octanol–water partition coefficient (Wildman–Crippen LogP) is 3.52. The zero-order chi connectivity index (χ0) is 18.8.